The molecule has 1 rings (SSSR count). The summed E-state index contributed by atoms with van der Waals surface area (Å²) in [5.41, 5.74) is 0. The van der Waals surface area contributed by atoms with E-state index in [2.05, 4.69) is 15.9 Å². The summed E-state index contributed by atoms with van der Waals surface area (Å²) in [7, 11) is 0. The van der Waals surface area contributed by atoms with Gasteiger partial charge in [-0.2, -0.15) is 0 Å². The standard InChI is InChI=1S/C6H11BrO4S/c7-6-5(11)4(10)3(9)2(1-8)12-6/h2-6,8-11H,1H2/t2-,3-,4+,5-,6-/m1/s1. The normalized spacial score (nSPS) is 49.2. The van der Waals surface area contributed by atoms with E-state index in [4.69, 9.17) is 5.11 Å². The Hall–Kier alpha value is 0.670. The van der Waals surface area contributed by atoms with Gasteiger partial charge in [0.1, 0.15) is 12.2 Å². The van der Waals surface area contributed by atoms with Gasteiger partial charge >= 0.3 is 0 Å². The van der Waals surface area contributed by atoms with Crippen LogP contribution >= 0.6 is 27.7 Å². The number of aliphatic hydroxyl groups is 4. The molecule has 0 aliphatic carbocycles. The van der Waals surface area contributed by atoms with Crippen LogP contribution in [0.5, 0.6) is 0 Å². The highest BCUT2D eigenvalue weighted by Gasteiger charge is 2.41. The lowest BCUT2D eigenvalue weighted by molar-refractivity contribution is -0.0619. The van der Waals surface area contributed by atoms with E-state index >= 15 is 0 Å². The molecule has 0 spiro atoms. The Labute approximate surface area is 82.7 Å². The molecular weight excluding hydrogens is 248 g/mol. The summed E-state index contributed by atoms with van der Waals surface area (Å²) in [4.78, 5) is 0. The first-order valence-corrected chi connectivity index (χ1v) is 5.38. The minimum absolute atomic E-state index is 0.211. The molecular formula is C6H11BrO4S. The van der Waals surface area contributed by atoms with E-state index in [0.717, 1.165) is 0 Å². The molecule has 1 saturated heterocycles. The Kier molecular flexibility index (Phi) is 3.81. The molecule has 5 atom stereocenters. The summed E-state index contributed by atoms with van der Waals surface area (Å²) >= 11 is 4.35. The number of hydrogen-bond acceptors (Lipinski definition) is 5. The Balaban J connectivity index is 2.63. The van der Waals surface area contributed by atoms with Crippen molar-refractivity contribution in [2.75, 3.05) is 6.61 Å². The minimum atomic E-state index is -1.19. The van der Waals surface area contributed by atoms with E-state index in [9.17, 15) is 15.3 Å². The molecule has 0 radical (unpaired) electrons. The zero-order valence-corrected chi connectivity index (χ0v) is 8.57. The van der Waals surface area contributed by atoms with Crippen LogP contribution in [-0.4, -0.2) is 54.8 Å². The second-order valence-electron chi connectivity index (χ2n) is 2.68. The van der Waals surface area contributed by atoms with Crippen molar-refractivity contribution in [3.63, 3.8) is 0 Å². The highest BCUT2D eigenvalue weighted by molar-refractivity contribution is 9.11. The first kappa shape index (κ1) is 10.7. The number of hydrogen-bond donors (Lipinski definition) is 4. The van der Waals surface area contributed by atoms with Crippen molar-refractivity contribution in [2.45, 2.75) is 27.7 Å². The van der Waals surface area contributed by atoms with Gasteiger partial charge in [0.15, 0.2) is 0 Å². The second-order valence-corrected chi connectivity index (χ2v) is 5.66. The molecule has 1 aliphatic rings. The van der Waals surface area contributed by atoms with Gasteiger partial charge in [-0.05, 0) is 0 Å². The fraction of sp³-hybridized carbons (Fsp3) is 1.00. The molecule has 0 aromatic heterocycles. The molecule has 0 aromatic rings. The quantitative estimate of drug-likeness (QED) is 0.449. The van der Waals surface area contributed by atoms with Crippen molar-refractivity contribution in [3.8, 4) is 0 Å². The van der Waals surface area contributed by atoms with E-state index in [0.29, 0.717) is 0 Å². The molecule has 1 fully saturated rings. The van der Waals surface area contributed by atoms with Crippen molar-refractivity contribution >= 4 is 27.7 Å². The molecule has 4 nitrogen and oxygen atoms in total. The first-order valence-electron chi connectivity index (χ1n) is 3.52. The lowest BCUT2D eigenvalue weighted by Crippen LogP contribution is -2.52. The van der Waals surface area contributed by atoms with Gasteiger partial charge in [-0.3, -0.25) is 0 Å². The van der Waals surface area contributed by atoms with Crippen LogP contribution in [0.3, 0.4) is 0 Å². The summed E-state index contributed by atoms with van der Waals surface area (Å²) < 4.78 is -0.340. The fourth-order valence-electron chi connectivity index (χ4n) is 1.06. The molecule has 1 aliphatic heterocycles. The van der Waals surface area contributed by atoms with Crippen LogP contribution < -0.4 is 0 Å². The molecule has 4 N–H and O–H groups in total. The van der Waals surface area contributed by atoms with Gasteiger partial charge in [-0.25, -0.2) is 0 Å². The van der Waals surface area contributed by atoms with Crippen LogP contribution in [0.4, 0.5) is 0 Å². The van der Waals surface area contributed by atoms with Gasteiger partial charge < -0.3 is 20.4 Å². The summed E-state index contributed by atoms with van der Waals surface area (Å²) in [6.45, 7) is -0.211. The van der Waals surface area contributed by atoms with Crippen LogP contribution in [-0.2, 0) is 0 Å². The molecule has 0 saturated carbocycles. The predicted octanol–water partition coefficient (Wildman–Crippen LogP) is -1.10. The molecule has 12 heavy (non-hydrogen) atoms. The van der Waals surface area contributed by atoms with Crippen LogP contribution in [0.1, 0.15) is 0 Å². The summed E-state index contributed by atoms with van der Waals surface area (Å²) in [5, 5.41) is 36.2. The van der Waals surface area contributed by atoms with E-state index in [-0.39, 0.29) is 10.8 Å². The van der Waals surface area contributed by atoms with Crippen LogP contribution in [0.25, 0.3) is 0 Å². The fourth-order valence-corrected chi connectivity index (χ4v) is 3.26. The number of rotatable bonds is 1. The molecule has 0 bridgehead atoms. The van der Waals surface area contributed by atoms with E-state index in [1.807, 2.05) is 0 Å². The highest BCUT2D eigenvalue weighted by atomic mass is 79.9. The second kappa shape index (κ2) is 4.26. The third-order valence-electron chi connectivity index (χ3n) is 1.83. The van der Waals surface area contributed by atoms with Crippen molar-refractivity contribution in [3.05, 3.63) is 0 Å². The molecule has 6 heteroatoms. The minimum Gasteiger partial charge on any atom is -0.395 e. The van der Waals surface area contributed by atoms with E-state index < -0.39 is 23.6 Å². The molecule has 72 valence electrons. The third-order valence-corrected chi connectivity index (χ3v) is 4.34. The maximum atomic E-state index is 9.31. The molecule has 0 unspecified atom stereocenters. The summed E-state index contributed by atoms with van der Waals surface area (Å²) in [6, 6.07) is 0. The Morgan fingerprint density at radius 3 is 2.17 bits per heavy atom. The average Bonchev–Trinajstić information content (AvgIpc) is 2.08. The average molecular weight is 259 g/mol. The van der Waals surface area contributed by atoms with Crippen molar-refractivity contribution < 1.29 is 20.4 Å². The number of aliphatic hydroxyl groups excluding tert-OH is 4. The monoisotopic (exact) mass is 258 g/mol. The Morgan fingerprint density at radius 2 is 1.67 bits per heavy atom. The summed E-state index contributed by atoms with van der Waals surface area (Å²) in [5.74, 6) is 0. The van der Waals surface area contributed by atoms with Gasteiger partial charge in [0.2, 0.25) is 0 Å². The van der Waals surface area contributed by atoms with Gasteiger partial charge in [0.25, 0.3) is 0 Å². The van der Waals surface area contributed by atoms with Crippen LogP contribution in [0, 0.1) is 0 Å². The van der Waals surface area contributed by atoms with E-state index in [1.54, 1.807) is 0 Å². The van der Waals surface area contributed by atoms with Crippen molar-refractivity contribution in [2.24, 2.45) is 0 Å². The Morgan fingerprint density at radius 1 is 1.08 bits per heavy atom. The predicted molar refractivity (Wildman–Crippen MR) is 49.2 cm³/mol. The van der Waals surface area contributed by atoms with Crippen molar-refractivity contribution in [1.82, 2.24) is 0 Å². The lowest BCUT2D eigenvalue weighted by Gasteiger charge is -2.36. The third kappa shape index (κ3) is 1.94. The van der Waals surface area contributed by atoms with E-state index in [1.165, 1.54) is 11.8 Å². The van der Waals surface area contributed by atoms with Crippen LogP contribution in [0.2, 0.25) is 0 Å². The number of halogens is 1. The Bertz CT molecular complexity index is 154. The maximum Gasteiger partial charge on any atom is 0.109 e. The van der Waals surface area contributed by atoms with Gasteiger partial charge in [-0.15, -0.1) is 11.8 Å². The maximum absolute atomic E-state index is 9.31. The van der Waals surface area contributed by atoms with Crippen LogP contribution in [0.15, 0.2) is 0 Å². The topological polar surface area (TPSA) is 80.9 Å². The lowest BCUT2D eigenvalue weighted by atomic mass is 10.1. The zero-order valence-electron chi connectivity index (χ0n) is 6.17. The summed E-state index contributed by atoms with van der Waals surface area (Å²) in [6.07, 6.45) is -3.25. The van der Waals surface area contributed by atoms with Gasteiger partial charge in [0, 0.05) is 0 Å². The molecule has 0 amide bonds. The largest absolute Gasteiger partial charge is 0.395 e. The van der Waals surface area contributed by atoms with Crippen molar-refractivity contribution in [1.29, 1.82) is 0 Å². The highest BCUT2D eigenvalue weighted by Crippen LogP contribution is 2.35. The molecule has 1 heterocycles. The number of thioether (sulfide) groups is 1. The SMILES string of the molecule is OC[C@H]1S[C@@H](Br)[C@H](O)[C@@H](O)[C@@H]1O. The zero-order chi connectivity index (χ0) is 9.30. The van der Waals surface area contributed by atoms with Gasteiger partial charge in [0.05, 0.1) is 22.1 Å². The van der Waals surface area contributed by atoms with Gasteiger partial charge in [-0.1, -0.05) is 15.9 Å². The smallest absolute Gasteiger partial charge is 0.109 e. The first-order chi connectivity index (χ1) is 5.57. The number of alkyl halides is 1. The molecule has 0 aromatic carbocycles.